The highest BCUT2D eigenvalue weighted by Crippen LogP contribution is 2.26. The molecular weight excluding hydrogens is 416 g/mol. The second kappa shape index (κ2) is 10.1. The highest BCUT2D eigenvalue weighted by Gasteiger charge is 2.30. The van der Waals surface area contributed by atoms with Gasteiger partial charge in [-0.1, -0.05) is 55.5 Å². The Morgan fingerprint density at radius 2 is 1.21 bits per heavy atom. The van der Waals surface area contributed by atoms with Crippen LogP contribution >= 0.6 is 0 Å². The van der Waals surface area contributed by atoms with Gasteiger partial charge >= 0.3 is 12.0 Å². The zero-order chi connectivity index (χ0) is 24.0. The van der Waals surface area contributed by atoms with Crippen LogP contribution < -0.4 is 10.6 Å². The third kappa shape index (κ3) is 6.29. The summed E-state index contributed by atoms with van der Waals surface area (Å²) in [6.45, 7) is 5.16. The van der Waals surface area contributed by atoms with E-state index in [1.165, 1.54) is 5.56 Å². The van der Waals surface area contributed by atoms with Crippen LogP contribution in [0.1, 0.15) is 43.1 Å². The van der Waals surface area contributed by atoms with E-state index in [-0.39, 0.29) is 18.2 Å². The van der Waals surface area contributed by atoms with E-state index in [0.29, 0.717) is 11.3 Å². The number of amides is 2. The van der Waals surface area contributed by atoms with Crippen molar-refractivity contribution >= 4 is 29.2 Å². The number of anilines is 2. The molecule has 0 atom stereocenters. The minimum absolute atomic E-state index is 0.0626. The first-order valence-corrected chi connectivity index (χ1v) is 10.8. The number of aliphatic carboxylic acids is 1. The molecule has 0 aliphatic carbocycles. The number of benzene rings is 3. The zero-order valence-electron chi connectivity index (χ0n) is 19.0. The van der Waals surface area contributed by atoms with Gasteiger partial charge in [0.25, 0.3) is 0 Å². The van der Waals surface area contributed by atoms with Crippen molar-refractivity contribution in [3.63, 3.8) is 0 Å². The van der Waals surface area contributed by atoms with Crippen LogP contribution in [0, 0.1) is 5.41 Å². The maximum Gasteiger partial charge on any atom is 0.323 e. The van der Waals surface area contributed by atoms with Crippen LogP contribution in [0.15, 0.2) is 72.8 Å². The Kier molecular flexibility index (Phi) is 7.28. The Morgan fingerprint density at radius 3 is 1.67 bits per heavy atom. The number of hydrogen-bond donors (Lipinski definition) is 3. The van der Waals surface area contributed by atoms with E-state index in [2.05, 4.69) is 17.6 Å². The molecule has 0 bridgehead atoms. The lowest BCUT2D eigenvalue weighted by Crippen LogP contribution is -2.26. The largest absolute Gasteiger partial charge is 0.481 e. The summed E-state index contributed by atoms with van der Waals surface area (Å²) in [6.07, 6.45) is 0.883. The van der Waals surface area contributed by atoms with Gasteiger partial charge in [-0.25, -0.2) is 4.79 Å². The van der Waals surface area contributed by atoms with Crippen molar-refractivity contribution in [3.05, 3.63) is 83.9 Å². The molecule has 0 fully saturated rings. The van der Waals surface area contributed by atoms with Crippen molar-refractivity contribution < 1.29 is 19.5 Å². The smallest absolute Gasteiger partial charge is 0.323 e. The molecule has 0 saturated carbocycles. The topological polar surface area (TPSA) is 95.5 Å². The number of carboxylic acids is 1. The van der Waals surface area contributed by atoms with Crippen molar-refractivity contribution in [1.29, 1.82) is 0 Å². The van der Waals surface area contributed by atoms with Crippen LogP contribution in [-0.2, 0) is 11.2 Å². The normalized spacial score (nSPS) is 11.0. The van der Waals surface area contributed by atoms with Crippen molar-refractivity contribution in [2.75, 3.05) is 10.6 Å². The van der Waals surface area contributed by atoms with E-state index in [9.17, 15) is 19.5 Å². The van der Waals surface area contributed by atoms with Crippen LogP contribution in [0.3, 0.4) is 0 Å². The Labute approximate surface area is 193 Å². The number of ketones is 1. The molecule has 3 aromatic rings. The van der Waals surface area contributed by atoms with Crippen LogP contribution in [0.5, 0.6) is 0 Å². The summed E-state index contributed by atoms with van der Waals surface area (Å²) in [5, 5.41) is 14.8. The van der Waals surface area contributed by atoms with E-state index in [1.54, 1.807) is 26.0 Å². The molecule has 0 aliphatic heterocycles. The minimum Gasteiger partial charge on any atom is -0.481 e. The van der Waals surface area contributed by atoms with Crippen LogP contribution in [0.2, 0.25) is 0 Å². The van der Waals surface area contributed by atoms with Crippen molar-refractivity contribution in [2.45, 2.75) is 33.6 Å². The molecule has 3 N–H and O–H groups in total. The molecule has 3 rings (SSSR count). The average Bonchev–Trinajstić information content (AvgIpc) is 2.80. The summed E-state index contributed by atoms with van der Waals surface area (Å²) in [6, 6.07) is 21.9. The fourth-order valence-electron chi connectivity index (χ4n) is 3.29. The molecule has 0 unspecified atom stereocenters. The van der Waals surface area contributed by atoms with Gasteiger partial charge in [0, 0.05) is 23.4 Å². The lowest BCUT2D eigenvalue weighted by Gasteiger charge is -2.17. The number of hydrogen-bond acceptors (Lipinski definition) is 3. The summed E-state index contributed by atoms with van der Waals surface area (Å²) >= 11 is 0. The minimum atomic E-state index is -1.11. The van der Waals surface area contributed by atoms with Gasteiger partial charge in [0.1, 0.15) is 0 Å². The second-order valence-corrected chi connectivity index (χ2v) is 8.57. The van der Waals surface area contributed by atoms with Crippen molar-refractivity contribution in [3.8, 4) is 11.1 Å². The molecule has 170 valence electrons. The van der Waals surface area contributed by atoms with Gasteiger partial charge < -0.3 is 15.7 Å². The quantitative estimate of drug-likeness (QED) is 0.358. The van der Waals surface area contributed by atoms with E-state index in [1.807, 2.05) is 60.7 Å². The summed E-state index contributed by atoms with van der Waals surface area (Å²) in [4.78, 5) is 35.9. The van der Waals surface area contributed by atoms with Gasteiger partial charge in [0.15, 0.2) is 5.78 Å². The fraction of sp³-hybridized carbons (Fsp3) is 0.222. The number of Topliss-reactive ketones (excluding diaryl/α,β-unsaturated/α-hetero) is 1. The summed E-state index contributed by atoms with van der Waals surface area (Å²) in [5.41, 5.74) is 3.81. The first-order chi connectivity index (χ1) is 15.7. The van der Waals surface area contributed by atoms with E-state index in [4.69, 9.17) is 0 Å². The Bertz CT molecular complexity index is 1130. The molecule has 0 radical (unpaired) electrons. The van der Waals surface area contributed by atoms with Crippen molar-refractivity contribution in [1.82, 2.24) is 0 Å². The van der Waals surface area contributed by atoms with Gasteiger partial charge in [-0.2, -0.15) is 0 Å². The van der Waals surface area contributed by atoms with Crippen LogP contribution in [0.4, 0.5) is 16.2 Å². The van der Waals surface area contributed by atoms with Crippen molar-refractivity contribution in [2.24, 2.45) is 5.41 Å². The third-order valence-electron chi connectivity index (χ3n) is 5.48. The lowest BCUT2D eigenvalue weighted by atomic mass is 9.85. The Balaban J connectivity index is 1.60. The summed E-state index contributed by atoms with van der Waals surface area (Å²) in [5.74, 6) is -1.20. The molecule has 0 spiro atoms. The number of rotatable bonds is 8. The molecule has 3 aromatic carbocycles. The molecule has 2 amide bonds. The molecule has 0 aromatic heterocycles. The van der Waals surface area contributed by atoms with E-state index in [0.717, 1.165) is 23.2 Å². The number of carbonyl (C=O) groups is 3. The standard InChI is InChI=1S/C27H28N2O4/c1-4-18-5-13-22(14-6-18)28-26(33)29-23-15-11-20(12-16-23)19-7-9-21(10-8-19)24(30)17-27(2,3)25(31)32/h5-16H,4,17H2,1-3H3,(H,31,32)(H2,28,29,33). The number of aryl methyl sites for hydroxylation is 1. The highest BCUT2D eigenvalue weighted by molar-refractivity contribution is 6.00. The van der Waals surface area contributed by atoms with Gasteiger partial charge in [0.2, 0.25) is 0 Å². The molecule has 0 aliphatic rings. The zero-order valence-corrected chi connectivity index (χ0v) is 19.0. The van der Waals surface area contributed by atoms with Gasteiger partial charge in [0.05, 0.1) is 5.41 Å². The van der Waals surface area contributed by atoms with Crippen LogP contribution in [-0.4, -0.2) is 22.9 Å². The molecule has 0 heterocycles. The number of carboxylic acid groups (broad SMARTS) is 1. The molecule has 0 saturated heterocycles. The maximum absolute atomic E-state index is 12.4. The highest BCUT2D eigenvalue weighted by atomic mass is 16.4. The monoisotopic (exact) mass is 444 g/mol. The first-order valence-electron chi connectivity index (χ1n) is 10.8. The second-order valence-electron chi connectivity index (χ2n) is 8.57. The Morgan fingerprint density at radius 1 is 0.758 bits per heavy atom. The van der Waals surface area contributed by atoms with Gasteiger partial charge in [-0.05, 0) is 61.2 Å². The maximum atomic E-state index is 12.4. The fourth-order valence-corrected chi connectivity index (χ4v) is 3.29. The van der Waals surface area contributed by atoms with E-state index >= 15 is 0 Å². The van der Waals surface area contributed by atoms with Gasteiger partial charge in [-0.15, -0.1) is 0 Å². The third-order valence-corrected chi connectivity index (χ3v) is 5.48. The predicted molar refractivity (Wildman–Crippen MR) is 131 cm³/mol. The first kappa shape index (κ1) is 23.7. The number of urea groups is 1. The predicted octanol–water partition coefficient (Wildman–Crippen LogP) is 6.24. The molecule has 6 nitrogen and oxygen atoms in total. The SMILES string of the molecule is CCc1ccc(NC(=O)Nc2ccc(-c3ccc(C(=O)CC(C)(C)C(=O)O)cc3)cc2)cc1. The Hall–Kier alpha value is -3.93. The molecule has 6 heteroatoms. The lowest BCUT2D eigenvalue weighted by molar-refractivity contribution is -0.146. The molecular formula is C27H28N2O4. The number of nitrogens with one attached hydrogen (secondary N) is 2. The molecule has 33 heavy (non-hydrogen) atoms. The van der Waals surface area contributed by atoms with Gasteiger partial charge in [-0.3, -0.25) is 9.59 Å². The summed E-state index contributed by atoms with van der Waals surface area (Å²) in [7, 11) is 0. The average molecular weight is 445 g/mol. The van der Waals surface area contributed by atoms with Crippen LogP contribution in [0.25, 0.3) is 11.1 Å². The number of carbonyl (C=O) groups excluding carboxylic acids is 2. The van der Waals surface area contributed by atoms with E-state index < -0.39 is 11.4 Å². The summed E-state index contributed by atoms with van der Waals surface area (Å²) < 4.78 is 0.